The van der Waals surface area contributed by atoms with Gasteiger partial charge in [-0.2, -0.15) is 0 Å². The lowest BCUT2D eigenvalue weighted by molar-refractivity contribution is -0.150. The fourth-order valence-corrected chi connectivity index (χ4v) is 4.95. The standard InChI is InChI=1S/C32H62O4/c1-3-5-7-9-10-11-12-13-18-21-25-29-32(35)36-30(26-22-8-6-4-2)27-23-19-16-14-15-17-20-24-28-31(33)34/h30H,3-29H2,1-2H3,(H,33,34). The Labute approximate surface area is 224 Å². The lowest BCUT2D eigenvalue weighted by Gasteiger charge is -2.18. The first-order valence-electron chi connectivity index (χ1n) is 16.0. The third-order valence-corrected chi connectivity index (χ3v) is 7.33. The van der Waals surface area contributed by atoms with Gasteiger partial charge in [-0.1, -0.05) is 136 Å². The Balaban J connectivity index is 3.85. The number of esters is 1. The molecule has 0 aliphatic carbocycles. The van der Waals surface area contributed by atoms with Gasteiger partial charge in [-0.15, -0.1) is 0 Å². The molecule has 0 aliphatic heterocycles. The van der Waals surface area contributed by atoms with Crippen LogP contribution in [0.5, 0.6) is 0 Å². The van der Waals surface area contributed by atoms with E-state index in [9.17, 15) is 9.59 Å². The smallest absolute Gasteiger partial charge is 0.306 e. The zero-order valence-electron chi connectivity index (χ0n) is 24.3. The average Bonchev–Trinajstić information content (AvgIpc) is 2.85. The van der Waals surface area contributed by atoms with Gasteiger partial charge in [0.05, 0.1) is 0 Å². The Hall–Kier alpha value is -1.06. The molecular formula is C32H62O4. The number of hydrogen-bond donors (Lipinski definition) is 1. The van der Waals surface area contributed by atoms with E-state index in [0.29, 0.717) is 12.8 Å². The van der Waals surface area contributed by atoms with Crippen molar-refractivity contribution in [1.82, 2.24) is 0 Å². The van der Waals surface area contributed by atoms with Crippen molar-refractivity contribution in [2.45, 2.75) is 193 Å². The van der Waals surface area contributed by atoms with E-state index in [0.717, 1.165) is 51.4 Å². The second-order valence-corrected chi connectivity index (χ2v) is 11.0. The van der Waals surface area contributed by atoms with Crippen molar-refractivity contribution in [3.05, 3.63) is 0 Å². The van der Waals surface area contributed by atoms with Crippen molar-refractivity contribution in [2.75, 3.05) is 0 Å². The molecule has 0 aromatic rings. The fraction of sp³-hybridized carbons (Fsp3) is 0.938. The van der Waals surface area contributed by atoms with Gasteiger partial charge < -0.3 is 9.84 Å². The Morgan fingerprint density at radius 1 is 0.500 bits per heavy atom. The van der Waals surface area contributed by atoms with E-state index in [-0.39, 0.29) is 12.1 Å². The lowest BCUT2D eigenvalue weighted by Crippen LogP contribution is -2.18. The molecule has 0 aliphatic rings. The first-order valence-corrected chi connectivity index (χ1v) is 16.0. The zero-order valence-corrected chi connectivity index (χ0v) is 24.3. The van der Waals surface area contributed by atoms with Crippen LogP contribution in [0.25, 0.3) is 0 Å². The molecule has 0 saturated heterocycles. The van der Waals surface area contributed by atoms with Crippen LogP contribution in [-0.4, -0.2) is 23.1 Å². The Bertz CT molecular complexity index is 477. The van der Waals surface area contributed by atoms with Crippen molar-refractivity contribution in [2.24, 2.45) is 0 Å². The number of carbonyl (C=O) groups excluding carboxylic acids is 1. The van der Waals surface area contributed by atoms with Gasteiger partial charge in [0.2, 0.25) is 0 Å². The molecule has 4 nitrogen and oxygen atoms in total. The molecule has 0 saturated carbocycles. The van der Waals surface area contributed by atoms with Gasteiger partial charge in [-0.05, 0) is 38.5 Å². The van der Waals surface area contributed by atoms with E-state index < -0.39 is 5.97 Å². The van der Waals surface area contributed by atoms with Gasteiger partial charge in [-0.25, -0.2) is 0 Å². The number of unbranched alkanes of at least 4 members (excludes halogenated alkanes) is 20. The first kappa shape index (κ1) is 34.9. The van der Waals surface area contributed by atoms with E-state index in [1.165, 1.54) is 109 Å². The zero-order chi connectivity index (χ0) is 26.5. The molecule has 0 spiro atoms. The van der Waals surface area contributed by atoms with E-state index in [2.05, 4.69) is 13.8 Å². The molecule has 1 atom stereocenters. The second-order valence-electron chi connectivity index (χ2n) is 11.0. The molecule has 0 aromatic carbocycles. The topological polar surface area (TPSA) is 63.6 Å². The molecule has 0 aromatic heterocycles. The molecule has 0 bridgehead atoms. The largest absolute Gasteiger partial charge is 0.481 e. The number of carboxylic acids is 1. The van der Waals surface area contributed by atoms with E-state index in [1.54, 1.807) is 0 Å². The Morgan fingerprint density at radius 3 is 1.25 bits per heavy atom. The third-order valence-electron chi connectivity index (χ3n) is 7.33. The molecule has 214 valence electrons. The van der Waals surface area contributed by atoms with Gasteiger partial charge in [0, 0.05) is 12.8 Å². The maximum absolute atomic E-state index is 12.4. The average molecular weight is 511 g/mol. The van der Waals surface area contributed by atoms with E-state index in [1.807, 2.05) is 0 Å². The number of hydrogen-bond acceptors (Lipinski definition) is 3. The van der Waals surface area contributed by atoms with Gasteiger partial charge in [0.1, 0.15) is 6.10 Å². The molecule has 1 N–H and O–H groups in total. The minimum Gasteiger partial charge on any atom is -0.481 e. The highest BCUT2D eigenvalue weighted by Crippen LogP contribution is 2.18. The molecule has 0 amide bonds. The monoisotopic (exact) mass is 510 g/mol. The highest BCUT2D eigenvalue weighted by Gasteiger charge is 2.14. The van der Waals surface area contributed by atoms with Crippen molar-refractivity contribution >= 4 is 11.9 Å². The van der Waals surface area contributed by atoms with Gasteiger partial charge >= 0.3 is 11.9 Å². The summed E-state index contributed by atoms with van der Waals surface area (Å²) in [5.41, 5.74) is 0. The SMILES string of the molecule is CCCCCCCCCCCCCC(=O)OC(CCCCCC)CCCCCCCCCCC(=O)O. The lowest BCUT2D eigenvalue weighted by atomic mass is 10.0. The highest BCUT2D eigenvalue weighted by molar-refractivity contribution is 5.69. The van der Waals surface area contributed by atoms with Crippen LogP contribution in [0.4, 0.5) is 0 Å². The molecule has 4 heteroatoms. The van der Waals surface area contributed by atoms with E-state index >= 15 is 0 Å². The normalized spacial score (nSPS) is 12.1. The van der Waals surface area contributed by atoms with Crippen LogP contribution in [0.15, 0.2) is 0 Å². The van der Waals surface area contributed by atoms with Crippen molar-refractivity contribution in [3.8, 4) is 0 Å². The maximum Gasteiger partial charge on any atom is 0.306 e. The molecule has 0 rings (SSSR count). The Kier molecular flexibility index (Phi) is 27.7. The molecule has 0 fully saturated rings. The van der Waals surface area contributed by atoms with E-state index in [4.69, 9.17) is 9.84 Å². The van der Waals surface area contributed by atoms with Crippen molar-refractivity contribution in [3.63, 3.8) is 0 Å². The summed E-state index contributed by atoms with van der Waals surface area (Å²) in [6, 6.07) is 0. The minimum absolute atomic E-state index is 0.0211. The predicted molar refractivity (Wildman–Crippen MR) is 154 cm³/mol. The number of carboxylic acid groups (broad SMARTS) is 1. The molecule has 0 heterocycles. The third kappa shape index (κ3) is 27.5. The summed E-state index contributed by atoms with van der Waals surface area (Å²) in [5, 5.41) is 8.68. The van der Waals surface area contributed by atoms with Crippen LogP contribution >= 0.6 is 0 Å². The summed E-state index contributed by atoms with van der Waals surface area (Å²) in [6.45, 7) is 4.50. The number of rotatable bonds is 29. The molecule has 0 radical (unpaired) electrons. The Morgan fingerprint density at radius 2 is 0.833 bits per heavy atom. The maximum atomic E-state index is 12.4. The number of aliphatic carboxylic acids is 1. The predicted octanol–water partition coefficient (Wildman–Crippen LogP) is 10.6. The number of ether oxygens (including phenoxy) is 1. The van der Waals surface area contributed by atoms with Gasteiger partial charge in [0.15, 0.2) is 0 Å². The highest BCUT2D eigenvalue weighted by atomic mass is 16.5. The molecule has 1 unspecified atom stereocenters. The second kappa shape index (κ2) is 28.5. The summed E-state index contributed by atoms with van der Waals surface area (Å²) in [6.07, 6.45) is 31.2. The quantitative estimate of drug-likeness (QED) is 0.0802. The molecular weight excluding hydrogens is 448 g/mol. The first-order chi connectivity index (χ1) is 17.6. The van der Waals surface area contributed by atoms with Crippen molar-refractivity contribution in [1.29, 1.82) is 0 Å². The van der Waals surface area contributed by atoms with Crippen LogP contribution in [0.3, 0.4) is 0 Å². The summed E-state index contributed by atoms with van der Waals surface area (Å²) < 4.78 is 5.93. The summed E-state index contributed by atoms with van der Waals surface area (Å²) >= 11 is 0. The summed E-state index contributed by atoms with van der Waals surface area (Å²) in [4.78, 5) is 23.0. The van der Waals surface area contributed by atoms with Gasteiger partial charge in [-0.3, -0.25) is 9.59 Å². The summed E-state index contributed by atoms with van der Waals surface area (Å²) in [7, 11) is 0. The van der Waals surface area contributed by atoms with Crippen LogP contribution in [-0.2, 0) is 14.3 Å². The molecule has 36 heavy (non-hydrogen) atoms. The van der Waals surface area contributed by atoms with Crippen LogP contribution < -0.4 is 0 Å². The van der Waals surface area contributed by atoms with Crippen LogP contribution in [0.1, 0.15) is 187 Å². The fourth-order valence-electron chi connectivity index (χ4n) is 4.95. The van der Waals surface area contributed by atoms with Crippen molar-refractivity contribution < 1.29 is 19.4 Å². The van der Waals surface area contributed by atoms with Gasteiger partial charge in [0.25, 0.3) is 0 Å². The minimum atomic E-state index is -0.682. The summed E-state index contributed by atoms with van der Waals surface area (Å²) in [5.74, 6) is -0.661. The van der Waals surface area contributed by atoms with Crippen LogP contribution in [0.2, 0.25) is 0 Å². The number of carbonyl (C=O) groups is 2. The van der Waals surface area contributed by atoms with Crippen LogP contribution in [0, 0.1) is 0 Å².